The van der Waals surface area contributed by atoms with E-state index in [1.165, 1.54) is 11.8 Å². The maximum absolute atomic E-state index is 11.6. The number of nitrogens with zero attached hydrogens (tertiary/aromatic N) is 1. The van der Waals surface area contributed by atoms with Crippen LogP contribution in [0.25, 0.3) is 0 Å². The van der Waals surface area contributed by atoms with Crippen molar-refractivity contribution in [2.24, 2.45) is 5.92 Å². The molecule has 7 nitrogen and oxygen atoms in total. The molecule has 1 aliphatic heterocycles. The zero-order chi connectivity index (χ0) is 14.4. The second-order valence-corrected chi connectivity index (χ2v) is 4.60. The molecule has 1 heterocycles. The summed E-state index contributed by atoms with van der Waals surface area (Å²) in [6, 6.07) is 0. The van der Waals surface area contributed by atoms with E-state index in [0.29, 0.717) is 19.5 Å². The van der Waals surface area contributed by atoms with Crippen molar-refractivity contribution in [2.75, 3.05) is 19.6 Å². The molecule has 19 heavy (non-hydrogen) atoms. The third-order valence-electron chi connectivity index (χ3n) is 2.85. The minimum Gasteiger partial charge on any atom is -0.355 e. The van der Waals surface area contributed by atoms with Crippen molar-refractivity contribution in [1.82, 2.24) is 15.5 Å². The average molecular weight is 269 g/mol. The lowest BCUT2D eigenvalue weighted by molar-refractivity contribution is -0.139. The summed E-state index contributed by atoms with van der Waals surface area (Å²) in [7, 11) is 0. The summed E-state index contributed by atoms with van der Waals surface area (Å²) in [5, 5.41) is 4.98. The van der Waals surface area contributed by atoms with Crippen LogP contribution in [0.3, 0.4) is 0 Å². The Kier molecular flexibility index (Phi) is 5.47. The molecule has 0 aromatic heterocycles. The molecule has 0 aromatic rings. The number of hydrogen-bond acceptors (Lipinski definition) is 4. The summed E-state index contributed by atoms with van der Waals surface area (Å²) >= 11 is 0. The van der Waals surface area contributed by atoms with Gasteiger partial charge in [-0.1, -0.05) is 6.92 Å². The average Bonchev–Trinajstić information content (AvgIpc) is 2.57. The first-order valence-electron chi connectivity index (χ1n) is 6.27. The topological polar surface area (TPSA) is 95.6 Å². The summed E-state index contributed by atoms with van der Waals surface area (Å²) in [4.78, 5) is 46.1. The molecular formula is C12H19N3O4. The van der Waals surface area contributed by atoms with Gasteiger partial charge in [-0.15, -0.1) is 0 Å². The Hall–Kier alpha value is -1.92. The molecule has 7 heteroatoms. The van der Waals surface area contributed by atoms with E-state index in [0.717, 1.165) is 0 Å². The Morgan fingerprint density at radius 2 is 2.00 bits per heavy atom. The van der Waals surface area contributed by atoms with Gasteiger partial charge in [-0.2, -0.15) is 0 Å². The summed E-state index contributed by atoms with van der Waals surface area (Å²) in [5.41, 5.74) is 0. The first-order chi connectivity index (χ1) is 8.91. The Morgan fingerprint density at radius 3 is 2.53 bits per heavy atom. The summed E-state index contributed by atoms with van der Waals surface area (Å²) in [5.74, 6) is -1.08. The SMILES string of the molecule is CC(=O)NCC(=O)NCCCN1C(=O)CC(C)C1=O. The van der Waals surface area contributed by atoms with E-state index in [1.54, 1.807) is 6.92 Å². The number of carbonyl (C=O) groups excluding carboxylic acids is 4. The predicted molar refractivity (Wildman–Crippen MR) is 66.8 cm³/mol. The highest BCUT2D eigenvalue weighted by molar-refractivity contribution is 6.03. The van der Waals surface area contributed by atoms with E-state index in [-0.39, 0.29) is 42.5 Å². The van der Waals surface area contributed by atoms with Crippen molar-refractivity contribution in [3.05, 3.63) is 0 Å². The molecule has 2 N–H and O–H groups in total. The largest absolute Gasteiger partial charge is 0.355 e. The van der Waals surface area contributed by atoms with Crippen LogP contribution in [0.5, 0.6) is 0 Å². The van der Waals surface area contributed by atoms with Crippen LogP contribution in [0.2, 0.25) is 0 Å². The highest BCUT2D eigenvalue weighted by atomic mass is 16.2. The minimum absolute atomic E-state index is 0.0616. The first kappa shape index (κ1) is 15.1. The zero-order valence-corrected chi connectivity index (χ0v) is 11.2. The zero-order valence-electron chi connectivity index (χ0n) is 11.2. The molecule has 0 aliphatic carbocycles. The lowest BCUT2D eigenvalue weighted by atomic mass is 10.1. The lowest BCUT2D eigenvalue weighted by Crippen LogP contribution is -2.38. The van der Waals surface area contributed by atoms with Crippen LogP contribution < -0.4 is 10.6 Å². The van der Waals surface area contributed by atoms with E-state index < -0.39 is 0 Å². The van der Waals surface area contributed by atoms with Crippen molar-refractivity contribution in [2.45, 2.75) is 26.7 Å². The van der Waals surface area contributed by atoms with Crippen LogP contribution in [-0.4, -0.2) is 48.2 Å². The molecule has 0 aromatic carbocycles. The molecule has 1 atom stereocenters. The van der Waals surface area contributed by atoms with Gasteiger partial charge in [-0.05, 0) is 6.42 Å². The van der Waals surface area contributed by atoms with Crippen LogP contribution in [0.15, 0.2) is 0 Å². The third-order valence-corrected chi connectivity index (χ3v) is 2.85. The number of carbonyl (C=O) groups is 4. The summed E-state index contributed by atoms with van der Waals surface area (Å²) < 4.78 is 0. The molecule has 1 unspecified atom stereocenters. The maximum atomic E-state index is 11.6. The molecule has 1 fully saturated rings. The molecule has 1 aliphatic rings. The van der Waals surface area contributed by atoms with Gasteiger partial charge in [-0.3, -0.25) is 24.1 Å². The van der Waals surface area contributed by atoms with Crippen molar-refractivity contribution in [3.8, 4) is 0 Å². The fourth-order valence-electron chi connectivity index (χ4n) is 1.82. The fraction of sp³-hybridized carbons (Fsp3) is 0.667. The van der Waals surface area contributed by atoms with Gasteiger partial charge in [0.25, 0.3) is 0 Å². The minimum atomic E-state index is -0.289. The standard InChI is InChI=1S/C12H19N3O4/c1-8-6-11(18)15(12(8)19)5-3-4-13-10(17)7-14-9(2)16/h8H,3-7H2,1-2H3,(H,13,17)(H,14,16). The highest BCUT2D eigenvalue weighted by Gasteiger charge is 2.34. The van der Waals surface area contributed by atoms with Crippen LogP contribution in [0, 0.1) is 5.92 Å². The van der Waals surface area contributed by atoms with Crippen molar-refractivity contribution < 1.29 is 19.2 Å². The number of imide groups is 1. The van der Waals surface area contributed by atoms with Crippen molar-refractivity contribution >= 4 is 23.6 Å². The molecule has 1 rings (SSSR count). The maximum Gasteiger partial charge on any atom is 0.239 e. The van der Waals surface area contributed by atoms with Gasteiger partial charge >= 0.3 is 0 Å². The molecule has 0 saturated carbocycles. The van der Waals surface area contributed by atoms with Gasteiger partial charge in [-0.25, -0.2) is 0 Å². The number of hydrogen-bond donors (Lipinski definition) is 2. The molecule has 106 valence electrons. The summed E-state index contributed by atoms with van der Waals surface area (Å²) in [6.07, 6.45) is 0.781. The monoisotopic (exact) mass is 269 g/mol. The molecule has 0 bridgehead atoms. The van der Waals surface area contributed by atoms with Gasteiger partial charge in [0, 0.05) is 32.4 Å². The second-order valence-electron chi connectivity index (χ2n) is 4.60. The smallest absolute Gasteiger partial charge is 0.239 e. The number of nitrogens with one attached hydrogen (secondary N) is 2. The first-order valence-corrected chi connectivity index (χ1v) is 6.27. The predicted octanol–water partition coefficient (Wildman–Crippen LogP) is -0.976. The van der Waals surface area contributed by atoms with Gasteiger partial charge in [0.2, 0.25) is 23.6 Å². The second kappa shape index (κ2) is 6.86. The third kappa shape index (κ3) is 4.69. The normalized spacial score (nSPS) is 18.6. The van der Waals surface area contributed by atoms with Gasteiger partial charge in [0.15, 0.2) is 0 Å². The van der Waals surface area contributed by atoms with Crippen molar-refractivity contribution in [1.29, 1.82) is 0 Å². The van der Waals surface area contributed by atoms with Gasteiger partial charge in [0.05, 0.1) is 6.54 Å². The quantitative estimate of drug-likeness (QED) is 0.479. The number of amides is 4. The summed E-state index contributed by atoms with van der Waals surface area (Å²) in [6.45, 7) is 3.69. The van der Waals surface area contributed by atoms with Gasteiger partial charge < -0.3 is 10.6 Å². The van der Waals surface area contributed by atoms with E-state index in [9.17, 15) is 19.2 Å². The van der Waals surface area contributed by atoms with Crippen LogP contribution in [-0.2, 0) is 19.2 Å². The molecule has 0 radical (unpaired) electrons. The molecule has 1 saturated heterocycles. The number of rotatable bonds is 6. The van der Waals surface area contributed by atoms with Crippen LogP contribution in [0.1, 0.15) is 26.7 Å². The fourth-order valence-corrected chi connectivity index (χ4v) is 1.82. The van der Waals surface area contributed by atoms with Crippen LogP contribution in [0.4, 0.5) is 0 Å². The Labute approximate surface area is 111 Å². The number of likely N-dealkylation sites (tertiary alicyclic amines) is 1. The van der Waals surface area contributed by atoms with Crippen LogP contribution >= 0.6 is 0 Å². The Bertz CT molecular complexity index is 394. The van der Waals surface area contributed by atoms with E-state index in [2.05, 4.69) is 10.6 Å². The highest BCUT2D eigenvalue weighted by Crippen LogP contribution is 2.18. The molecule has 0 spiro atoms. The van der Waals surface area contributed by atoms with E-state index >= 15 is 0 Å². The van der Waals surface area contributed by atoms with E-state index in [4.69, 9.17) is 0 Å². The van der Waals surface area contributed by atoms with E-state index in [1.807, 2.05) is 0 Å². The Morgan fingerprint density at radius 1 is 1.32 bits per heavy atom. The van der Waals surface area contributed by atoms with Crippen molar-refractivity contribution in [3.63, 3.8) is 0 Å². The van der Waals surface area contributed by atoms with Gasteiger partial charge in [0.1, 0.15) is 0 Å². The Balaban J connectivity index is 2.17. The molecule has 4 amide bonds. The molecular weight excluding hydrogens is 250 g/mol. The lowest BCUT2D eigenvalue weighted by Gasteiger charge is -2.14.